The molecular weight excluding hydrogens is 379 g/mol. The Morgan fingerprint density at radius 3 is 2.17 bits per heavy atom. The predicted molar refractivity (Wildman–Crippen MR) is 100 cm³/mol. The van der Waals surface area contributed by atoms with E-state index in [0.717, 1.165) is 0 Å². The average molecular weight is 388 g/mol. The maximum absolute atomic E-state index is 14.2. The fourth-order valence-electron chi connectivity index (χ4n) is 3.48. The van der Waals surface area contributed by atoms with Gasteiger partial charge in [-0.1, -0.05) is 5.21 Å². The van der Waals surface area contributed by atoms with Crippen LogP contribution < -0.4 is 10.6 Å². The Bertz CT molecular complexity index is 985. The van der Waals surface area contributed by atoms with Gasteiger partial charge in [-0.3, -0.25) is 19.7 Å². The van der Waals surface area contributed by atoms with E-state index in [9.17, 15) is 34.1 Å². The summed E-state index contributed by atoms with van der Waals surface area (Å²) in [4.78, 5) is 37.6. The molecule has 138 valence electrons. The number of aliphatic hydroxyl groups is 1. The van der Waals surface area contributed by atoms with E-state index in [1.165, 1.54) is 7.05 Å². The van der Waals surface area contributed by atoms with Gasteiger partial charge < -0.3 is 25.5 Å². The van der Waals surface area contributed by atoms with Crippen molar-refractivity contribution in [1.82, 2.24) is 10.2 Å². The summed E-state index contributed by atoms with van der Waals surface area (Å²) in [7, 11) is 30.0. The highest BCUT2D eigenvalue weighted by atomic mass is 19.1. The van der Waals surface area contributed by atoms with E-state index in [0.29, 0.717) is 0 Å². The molecule has 15 heteroatoms. The lowest BCUT2D eigenvalue weighted by Crippen LogP contribution is -2.69. The fraction of sp³-hybridized carbons (Fsp3) is 0.357. The van der Waals surface area contributed by atoms with Crippen LogP contribution in [0.1, 0.15) is 15.9 Å². The molecule has 1 aromatic rings. The number of fused-ring (bicyclic) bond motifs is 1. The molecule has 2 heterocycles. The van der Waals surface area contributed by atoms with Crippen LogP contribution in [0, 0.1) is 5.82 Å². The molecule has 0 aromatic heterocycles. The third kappa shape index (κ3) is 2.39. The number of aromatic hydroxyl groups is 2. The van der Waals surface area contributed by atoms with Crippen molar-refractivity contribution in [3.8, 4) is 11.5 Å². The van der Waals surface area contributed by atoms with Crippen LogP contribution in [0.15, 0.2) is 0 Å². The van der Waals surface area contributed by atoms with Crippen LogP contribution in [0.3, 0.4) is 0 Å². The maximum Gasteiger partial charge on any atom is 0.260 e. The summed E-state index contributed by atoms with van der Waals surface area (Å²) in [6.45, 7) is 0. The molecule has 0 saturated carbocycles. The SMILES string of the molecule is [B]C1(O)c2c(NC)c(O)c(F)c(O)c2C(=O)N1[C@@H]1C(=O)NC(=O)C([B])([B])C1([B])[B]. The summed E-state index contributed by atoms with van der Waals surface area (Å²) in [5.74, 6) is -8.08. The summed E-state index contributed by atoms with van der Waals surface area (Å²) in [5.41, 5.74) is -5.10. The first-order chi connectivity index (χ1) is 13.1. The van der Waals surface area contributed by atoms with Crippen LogP contribution in [0.4, 0.5) is 10.1 Å². The second kappa shape index (κ2) is 5.97. The third-order valence-corrected chi connectivity index (χ3v) is 5.10. The molecule has 0 aliphatic carbocycles. The summed E-state index contributed by atoms with van der Waals surface area (Å²) < 4.78 is 14.2. The Balaban J connectivity index is 2.31. The van der Waals surface area contributed by atoms with Crippen LogP contribution in [-0.2, 0) is 15.2 Å². The van der Waals surface area contributed by atoms with Crippen LogP contribution in [0.25, 0.3) is 0 Å². The van der Waals surface area contributed by atoms with Crippen LogP contribution in [-0.4, -0.2) is 90.3 Å². The molecule has 3 amide bonds. The van der Waals surface area contributed by atoms with Crippen molar-refractivity contribution in [2.45, 2.75) is 22.1 Å². The maximum atomic E-state index is 14.2. The smallest absolute Gasteiger partial charge is 0.260 e. The Morgan fingerprint density at radius 2 is 1.66 bits per heavy atom. The lowest BCUT2D eigenvalue weighted by atomic mass is 9.26. The number of imide groups is 1. The van der Waals surface area contributed by atoms with Crippen LogP contribution in [0.5, 0.6) is 11.5 Å². The van der Waals surface area contributed by atoms with Gasteiger partial charge in [-0.05, 0) is 5.21 Å². The zero-order valence-electron chi connectivity index (χ0n) is 14.9. The van der Waals surface area contributed by atoms with Crippen molar-refractivity contribution in [3.05, 3.63) is 16.9 Å². The minimum Gasteiger partial charge on any atom is -0.504 e. The van der Waals surface area contributed by atoms with Gasteiger partial charge in [0, 0.05) is 12.6 Å². The highest BCUT2D eigenvalue weighted by Gasteiger charge is 2.62. The molecule has 1 fully saturated rings. The second-order valence-corrected chi connectivity index (χ2v) is 6.81. The second-order valence-electron chi connectivity index (χ2n) is 6.81. The van der Waals surface area contributed by atoms with E-state index in [1.54, 1.807) is 5.32 Å². The average Bonchev–Trinajstić information content (AvgIpc) is 2.80. The Hall–Kier alpha value is -2.56. The van der Waals surface area contributed by atoms with Gasteiger partial charge in [-0.2, -0.15) is 4.39 Å². The number of amides is 3. The highest BCUT2D eigenvalue weighted by Crippen LogP contribution is 2.55. The van der Waals surface area contributed by atoms with Crippen molar-refractivity contribution in [2.24, 2.45) is 0 Å². The van der Waals surface area contributed by atoms with Gasteiger partial charge in [0.05, 0.1) is 42.6 Å². The quantitative estimate of drug-likeness (QED) is 0.157. The molecule has 1 aromatic carbocycles. The van der Waals surface area contributed by atoms with E-state index >= 15 is 0 Å². The van der Waals surface area contributed by atoms with Crippen LogP contribution in [0.2, 0.25) is 10.4 Å². The van der Waals surface area contributed by atoms with Crippen molar-refractivity contribution >= 4 is 62.6 Å². The molecule has 2 aliphatic heterocycles. The molecule has 10 radical (unpaired) electrons. The van der Waals surface area contributed by atoms with E-state index < -0.39 is 73.9 Å². The Morgan fingerprint density at radius 1 is 1.10 bits per heavy atom. The molecule has 0 bridgehead atoms. The summed E-state index contributed by atoms with van der Waals surface area (Å²) in [5, 5.41) is 29.7. The lowest BCUT2D eigenvalue weighted by molar-refractivity contribution is -0.143. The number of nitrogens with zero attached hydrogens (tertiary/aromatic N) is 1. The number of carbonyl (C=O) groups is 3. The molecule has 29 heavy (non-hydrogen) atoms. The fourth-order valence-corrected chi connectivity index (χ4v) is 3.48. The number of phenolic OH excluding ortho intramolecular Hbond substituents is 2. The molecule has 0 spiro atoms. The number of halogens is 1. The number of anilines is 1. The van der Waals surface area contributed by atoms with Gasteiger partial charge in [-0.15, -0.1) is 0 Å². The first-order valence-electron chi connectivity index (χ1n) is 7.95. The van der Waals surface area contributed by atoms with Crippen molar-refractivity contribution in [1.29, 1.82) is 0 Å². The number of piperidine rings is 1. The zero-order chi connectivity index (χ0) is 22.3. The number of phenols is 2. The molecule has 2 aliphatic rings. The Kier molecular flexibility index (Phi) is 4.36. The van der Waals surface area contributed by atoms with Gasteiger partial charge >= 0.3 is 0 Å². The monoisotopic (exact) mass is 389 g/mol. The van der Waals surface area contributed by atoms with Crippen molar-refractivity contribution in [3.63, 3.8) is 0 Å². The summed E-state index contributed by atoms with van der Waals surface area (Å²) in [6.07, 6.45) is 0. The third-order valence-electron chi connectivity index (χ3n) is 5.10. The number of hydrogen-bond acceptors (Lipinski definition) is 7. The van der Waals surface area contributed by atoms with Gasteiger partial charge in [0.2, 0.25) is 17.6 Å². The van der Waals surface area contributed by atoms with E-state index in [4.69, 9.17) is 39.2 Å². The minimum atomic E-state index is -2.98. The number of benzene rings is 1. The topological polar surface area (TPSA) is 139 Å². The number of nitrogens with one attached hydrogen (secondary N) is 2. The molecule has 5 N–H and O–H groups in total. The molecule has 2 atom stereocenters. The Labute approximate surface area is 170 Å². The van der Waals surface area contributed by atoms with Gasteiger partial charge in [0.1, 0.15) is 11.7 Å². The van der Waals surface area contributed by atoms with E-state index in [2.05, 4.69) is 5.32 Å². The lowest BCUT2D eigenvalue weighted by Gasteiger charge is -2.55. The first-order valence-corrected chi connectivity index (χ1v) is 7.95. The molecule has 1 saturated heterocycles. The van der Waals surface area contributed by atoms with Crippen molar-refractivity contribution in [2.75, 3.05) is 12.4 Å². The number of rotatable bonds is 2. The number of carbonyl (C=O) groups excluding carboxylic acids is 3. The highest BCUT2D eigenvalue weighted by molar-refractivity contribution is 6.63. The molecule has 3 rings (SSSR count). The van der Waals surface area contributed by atoms with Crippen molar-refractivity contribution < 1.29 is 34.1 Å². The first kappa shape index (κ1) is 21.2. The van der Waals surface area contributed by atoms with Gasteiger partial charge in [-0.25, -0.2) is 0 Å². The molecule has 1 unspecified atom stereocenters. The minimum absolute atomic E-state index is 0.188. The van der Waals surface area contributed by atoms with E-state index in [1.807, 2.05) is 0 Å². The number of hydrogen-bond donors (Lipinski definition) is 5. The zero-order valence-corrected chi connectivity index (χ0v) is 14.9. The standard InChI is InChI=1S/C14H9B5FN3O6/c1-21-5-3-2(6(24)4(20)7(5)25)10(27)23(14(3,19)29)8-9(26)22-11(28)13(17,18)12(8,15)16/h8,21,24-25,29H,1H3,(H,22,26,28)/t8-,14?/m1/s1. The van der Waals surface area contributed by atoms with E-state index in [-0.39, 0.29) is 4.90 Å². The van der Waals surface area contributed by atoms with Gasteiger partial charge in [0.15, 0.2) is 19.3 Å². The molecular formula is C14H9B5FN3O6. The largest absolute Gasteiger partial charge is 0.504 e. The normalized spacial score (nSPS) is 27.5. The predicted octanol–water partition coefficient (Wildman–Crippen LogP) is -3.06. The van der Waals surface area contributed by atoms with Gasteiger partial charge in [0.25, 0.3) is 5.91 Å². The van der Waals surface area contributed by atoms with Crippen LogP contribution >= 0.6 is 0 Å². The summed E-state index contributed by atoms with van der Waals surface area (Å²) in [6, 6.07) is -2.15. The molecule has 9 nitrogen and oxygen atoms in total. The summed E-state index contributed by atoms with van der Waals surface area (Å²) >= 11 is 0.